The zero-order valence-electron chi connectivity index (χ0n) is 12.9. The van der Waals surface area contributed by atoms with Gasteiger partial charge in [0.25, 0.3) is 11.6 Å². The van der Waals surface area contributed by atoms with Crippen molar-refractivity contribution in [2.24, 2.45) is 0 Å². The van der Waals surface area contributed by atoms with Crippen LogP contribution in [0.25, 0.3) is 16.3 Å². The van der Waals surface area contributed by atoms with E-state index in [0.717, 1.165) is 10.6 Å². The summed E-state index contributed by atoms with van der Waals surface area (Å²) in [4.78, 5) is 23.4. The molecule has 0 aliphatic carbocycles. The summed E-state index contributed by atoms with van der Waals surface area (Å²) in [5.74, 6) is -0.453. The molecule has 2 aromatic heterocycles. The highest BCUT2D eigenvalue weighted by Crippen LogP contribution is 2.23. The van der Waals surface area contributed by atoms with Crippen LogP contribution in [0, 0.1) is 10.1 Å². The van der Waals surface area contributed by atoms with Gasteiger partial charge in [0.1, 0.15) is 0 Å². The van der Waals surface area contributed by atoms with Gasteiger partial charge in [0.2, 0.25) is 0 Å². The first-order valence-electron chi connectivity index (χ1n) is 7.14. The van der Waals surface area contributed by atoms with Gasteiger partial charge in [0, 0.05) is 17.7 Å². The molecule has 0 aliphatic rings. The predicted octanol–water partition coefficient (Wildman–Crippen LogP) is 2.95. The van der Waals surface area contributed by atoms with Crippen molar-refractivity contribution in [3.63, 3.8) is 0 Å². The first kappa shape index (κ1) is 16.4. The summed E-state index contributed by atoms with van der Waals surface area (Å²) in [5, 5.41) is 19.5. The molecular weight excluding hydrogens is 342 g/mol. The molecule has 25 heavy (non-hydrogen) atoms. The number of nitrogens with one attached hydrogen (secondary N) is 3. The van der Waals surface area contributed by atoms with Crippen LogP contribution in [0.2, 0.25) is 0 Å². The fourth-order valence-electron chi connectivity index (χ4n) is 2.07. The average molecular weight is 355 g/mol. The fraction of sp³-hybridized carbons (Fsp3) is 0. The SMILES string of the molecule is C=C(NNC(=O)c1cc(-c2cccs2)[nH]n1)c1cccc([N+](=O)[O-])c1. The molecule has 8 nitrogen and oxygen atoms in total. The molecular formula is C16H13N5O3S. The monoisotopic (exact) mass is 355 g/mol. The Hall–Kier alpha value is -3.46. The lowest BCUT2D eigenvalue weighted by atomic mass is 10.1. The molecule has 0 fully saturated rings. The van der Waals surface area contributed by atoms with Crippen LogP contribution in [0.5, 0.6) is 0 Å². The zero-order valence-corrected chi connectivity index (χ0v) is 13.7. The molecule has 0 bridgehead atoms. The number of hydrazine groups is 1. The van der Waals surface area contributed by atoms with Crippen LogP contribution in [-0.4, -0.2) is 21.0 Å². The maximum atomic E-state index is 12.1. The maximum Gasteiger partial charge on any atom is 0.290 e. The summed E-state index contributed by atoms with van der Waals surface area (Å²) in [6.07, 6.45) is 0. The van der Waals surface area contributed by atoms with Crippen molar-refractivity contribution >= 4 is 28.6 Å². The van der Waals surface area contributed by atoms with Crippen molar-refractivity contribution in [2.75, 3.05) is 0 Å². The molecule has 126 valence electrons. The number of hydrogen-bond donors (Lipinski definition) is 3. The molecule has 3 rings (SSSR count). The van der Waals surface area contributed by atoms with Crippen LogP contribution in [0.4, 0.5) is 5.69 Å². The standard InChI is InChI=1S/C16H13N5O3S/c1-10(11-4-2-5-12(8-11)21(23)24)17-20-16(22)14-9-13(18-19-14)15-6-3-7-25-15/h2-9,17H,1H2,(H,18,19)(H,20,22). The third-order valence-electron chi connectivity index (χ3n) is 3.33. The second-order valence-electron chi connectivity index (χ2n) is 5.01. The highest BCUT2D eigenvalue weighted by atomic mass is 32.1. The summed E-state index contributed by atoms with van der Waals surface area (Å²) in [7, 11) is 0. The minimum atomic E-state index is -0.495. The van der Waals surface area contributed by atoms with Gasteiger partial charge >= 0.3 is 0 Å². The minimum absolute atomic E-state index is 0.0559. The number of thiophene rings is 1. The molecule has 1 aromatic carbocycles. The van der Waals surface area contributed by atoms with Crippen LogP contribution < -0.4 is 10.9 Å². The van der Waals surface area contributed by atoms with Crippen molar-refractivity contribution in [1.29, 1.82) is 0 Å². The molecule has 3 N–H and O–H groups in total. The number of benzene rings is 1. The van der Waals surface area contributed by atoms with E-state index in [4.69, 9.17) is 0 Å². The summed E-state index contributed by atoms with van der Waals surface area (Å²) < 4.78 is 0. The summed E-state index contributed by atoms with van der Waals surface area (Å²) in [6, 6.07) is 11.4. The topological polar surface area (TPSA) is 113 Å². The second kappa shape index (κ2) is 6.97. The Morgan fingerprint density at radius 1 is 1.24 bits per heavy atom. The Morgan fingerprint density at radius 3 is 2.80 bits per heavy atom. The first-order chi connectivity index (χ1) is 12.0. The number of aromatic amines is 1. The molecule has 0 saturated heterocycles. The Balaban J connectivity index is 1.63. The van der Waals surface area contributed by atoms with Crippen molar-refractivity contribution in [2.45, 2.75) is 0 Å². The highest BCUT2D eigenvalue weighted by Gasteiger charge is 2.13. The second-order valence-corrected chi connectivity index (χ2v) is 5.96. The van der Waals surface area contributed by atoms with E-state index < -0.39 is 10.8 Å². The number of nitro groups is 1. The molecule has 9 heteroatoms. The Labute approximate surface area is 146 Å². The number of non-ortho nitro benzene ring substituents is 1. The number of carbonyl (C=O) groups excluding carboxylic acids is 1. The van der Waals surface area contributed by atoms with E-state index in [2.05, 4.69) is 27.6 Å². The normalized spacial score (nSPS) is 10.2. The minimum Gasteiger partial charge on any atom is -0.298 e. The predicted molar refractivity (Wildman–Crippen MR) is 94.6 cm³/mol. The largest absolute Gasteiger partial charge is 0.298 e. The van der Waals surface area contributed by atoms with Gasteiger partial charge in [-0.2, -0.15) is 5.10 Å². The summed E-state index contributed by atoms with van der Waals surface area (Å²) in [6.45, 7) is 3.76. The lowest BCUT2D eigenvalue weighted by molar-refractivity contribution is -0.384. The van der Waals surface area contributed by atoms with Crippen molar-refractivity contribution in [1.82, 2.24) is 21.0 Å². The van der Waals surface area contributed by atoms with Crippen LogP contribution >= 0.6 is 11.3 Å². The number of H-pyrrole nitrogens is 1. The van der Waals surface area contributed by atoms with E-state index in [1.54, 1.807) is 18.2 Å². The van der Waals surface area contributed by atoms with E-state index in [0.29, 0.717) is 11.3 Å². The van der Waals surface area contributed by atoms with Crippen molar-refractivity contribution in [3.8, 4) is 10.6 Å². The Bertz CT molecular complexity index is 933. The van der Waals surface area contributed by atoms with Crippen molar-refractivity contribution < 1.29 is 9.72 Å². The Kier molecular flexibility index (Phi) is 4.57. The van der Waals surface area contributed by atoms with Crippen LogP contribution in [0.1, 0.15) is 16.1 Å². The van der Waals surface area contributed by atoms with Gasteiger partial charge in [-0.1, -0.05) is 24.8 Å². The van der Waals surface area contributed by atoms with Gasteiger partial charge in [-0.15, -0.1) is 11.3 Å². The summed E-state index contributed by atoms with van der Waals surface area (Å²) in [5.41, 5.74) is 6.83. The van der Waals surface area contributed by atoms with Gasteiger partial charge in [-0.05, 0) is 17.5 Å². The smallest absolute Gasteiger partial charge is 0.290 e. The van der Waals surface area contributed by atoms with Gasteiger partial charge < -0.3 is 0 Å². The van der Waals surface area contributed by atoms with E-state index in [1.165, 1.54) is 23.5 Å². The highest BCUT2D eigenvalue weighted by molar-refractivity contribution is 7.13. The number of aromatic nitrogens is 2. The third kappa shape index (κ3) is 3.72. The van der Waals surface area contributed by atoms with Gasteiger partial charge in [-0.25, -0.2) is 0 Å². The number of nitrogens with zero attached hydrogens (tertiary/aromatic N) is 2. The van der Waals surface area contributed by atoms with Gasteiger partial charge in [-0.3, -0.25) is 30.9 Å². The lowest BCUT2D eigenvalue weighted by Gasteiger charge is -2.10. The van der Waals surface area contributed by atoms with Gasteiger partial charge in [0.15, 0.2) is 5.69 Å². The van der Waals surface area contributed by atoms with E-state index in [1.807, 2.05) is 17.5 Å². The van der Waals surface area contributed by atoms with E-state index >= 15 is 0 Å². The lowest BCUT2D eigenvalue weighted by Crippen LogP contribution is -2.36. The average Bonchev–Trinajstić information content (AvgIpc) is 3.30. The van der Waals surface area contributed by atoms with Crippen LogP contribution in [-0.2, 0) is 0 Å². The molecule has 3 aromatic rings. The molecule has 0 radical (unpaired) electrons. The fourth-order valence-corrected chi connectivity index (χ4v) is 2.76. The van der Waals surface area contributed by atoms with Crippen LogP contribution in [0.15, 0.2) is 54.4 Å². The van der Waals surface area contributed by atoms with E-state index in [9.17, 15) is 14.9 Å². The van der Waals surface area contributed by atoms with Gasteiger partial charge in [0.05, 0.1) is 21.2 Å². The zero-order chi connectivity index (χ0) is 17.8. The number of rotatable bonds is 6. The quantitative estimate of drug-likeness (QED) is 0.465. The first-order valence-corrected chi connectivity index (χ1v) is 8.02. The molecule has 0 aliphatic heterocycles. The van der Waals surface area contributed by atoms with Crippen LogP contribution in [0.3, 0.4) is 0 Å². The molecule has 2 heterocycles. The van der Waals surface area contributed by atoms with Crippen molar-refractivity contribution in [3.05, 3.63) is 75.8 Å². The Morgan fingerprint density at radius 2 is 2.08 bits per heavy atom. The molecule has 0 unspecified atom stereocenters. The molecule has 1 amide bonds. The number of nitro benzene ring substituents is 1. The maximum absolute atomic E-state index is 12.1. The summed E-state index contributed by atoms with van der Waals surface area (Å²) >= 11 is 1.53. The third-order valence-corrected chi connectivity index (χ3v) is 4.23. The number of amides is 1. The molecule has 0 atom stereocenters. The molecule has 0 saturated carbocycles. The number of carbonyl (C=O) groups is 1. The van der Waals surface area contributed by atoms with E-state index in [-0.39, 0.29) is 11.4 Å². The number of hydrogen-bond acceptors (Lipinski definition) is 6. The molecule has 0 spiro atoms.